The molecule has 1 rings (SSSR count). The summed E-state index contributed by atoms with van der Waals surface area (Å²) in [5, 5.41) is 9.49. The molecule has 0 unspecified atom stereocenters. The quantitative estimate of drug-likeness (QED) is 0.626. The average molecular weight is 160 g/mol. The van der Waals surface area contributed by atoms with Crippen LogP contribution in [0.15, 0.2) is 0 Å². The van der Waals surface area contributed by atoms with Crippen LogP contribution in [0.5, 0.6) is 0 Å². The van der Waals surface area contributed by atoms with Gasteiger partial charge < -0.3 is 5.11 Å². The van der Waals surface area contributed by atoms with Crippen molar-refractivity contribution in [2.24, 2.45) is 0 Å². The highest BCUT2D eigenvalue weighted by molar-refractivity contribution is 5.85. The predicted octanol–water partition coefficient (Wildman–Crippen LogP) is 1.22. The van der Waals surface area contributed by atoms with Gasteiger partial charge in [-0.1, -0.05) is 6.42 Å². The molecular formula is C8H13FO2. The van der Waals surface area contributed by atoms with E-state index in [1.807, 2.05) is 0 Å². The van der Waals surface area contributed by atoms with Gasteiger partial charge in [-0.2, -0.15) is 0 Å². The number of carbonyl (C=O) groups excluding carboxylic acids is 1. The van der Waals surface area contributed by atoms with Gasteiger partial charge in [0.25, 0.3) is 0 Å². The zero-order chi connectivity index (χ0) is 8.48. The second-order valence-corrected chi connectivity index (χ2v) is 3.19. The Labute approximate surface area is 65.4 Å². The molecule has 2 nitrogen and oxygen atoms in total. The van der Waals surface area contributed by atoms with Crippen LogP contribution in [0, 0.1) is 0 Å². The van der Waals surface area contributed by atoms with E-state index in [0.717, 1.165) is 12.8 Å². The summed E-state index contributed by atoms with van der Waals surface area (Å²) >= 11 is 0. The first-order chi connectivity index (χ1) is 5.07. The van der Waals surface area contributed by atoms with Crippen molar-refractivity contribution in [1.29, 1.82) is 0 Å². The largest absolute Gasteiger partial charge is 0.379 e. The Morgan fingerprint density at radius 3 is 2.64 bits per heavy atom. The maximum absolute atomic E-state index is 13.0. The fraction of sp³-hybridized carbons (Fsp3) is 0.875. The Morgan fingerprint density at radius 1 is 1.64 bits per heavy atom. The zero-order valence-electron chi connectivity index (χ0n) is 6.64. The van der Waals surface area contributed by atoms with Gasteiger partial charge in [0.2, 0.25) is 0 Å². The van der Waals surface area contributed by atoms with E-state index in [1.165, 1.54) is 6.92 Å². The first-order valence-corrected chi connectivity index (χ1v) is 3.95. The Balaban J connectivity index is 2.72. The number of hydrogen-bond acceptors (Lipinski definition) is 2. The lowest BCUT2D eigenvalue weighted by atomic mass is 9.81. The minimum atomic E-state index is -1.67. The molecule has 2 atom stereocenters. The second kappa shape index (κ2) is 2.89. The van der Waals surface area contributed by atoms with Crippen molar-refractivity contribution < 1.29 is 14.3 Å². The van der Waals surface area contributed by atoms with Crippen molar-refractivity contribution >= 4 is 5.78 Å². The Hall–Kier alpha value is -0.440. The number of carbonyl (C=O) groups is 1. The first-order valence-electron chi connectivity index (χ1n) is 3.95. The van der Waals surface area contributed by atoms with E-state index in [-0.39, 0.29) is 6.42 Å². The highest BCUT2D eigenvalue weighted by atomic mass is 19.1. The van der Waals surface area contributed by atoms with Crippen molar-refractivity contribution in [3.63, 3.8) is 0 Å². The summed E-state index contributed by atoms with van der Waals surface area (Å²) in [7, 11) is 0. The summed E-state index contributed by atoms with van der Waals surface area (Å²) in [5.74, 6) is -0.440. The van der Waals surface area contributed by atoms with Gasteiger partial charge in [-0.15, -0.1) is 0 Å². The number of alkyl halides is 1. The van der Waals surface area contributed by atoms with Crippen molar-refractivity contribution in [1.82, 2.24) is 0 Å². The fourth-order valence-corrected chi connectivity index (χ4v) is 1.51. The van der Waals surface area contributed by atoms with Crippen LogP contribution in [0.25, 0.3) is 0 Å². The molecule has 1 saturated carbocycles. The van der Waals surface area contributed by atoms with E-state index in [0.29, 0.717) is 6.42 Å². The maximum atomic E-state index is 13.0. The highest BCUT2D eigenvalue weighted by Crippen LogP contribution is 2.31. The molecule has 1 aliphatic carbocycles. The molecule has 0 aromatic rings. The monoisotopic (exact) mass is 160 g/mol. The van der Waals surface area contributed by atoms with E-state index in [1.54, 1.807) is 0 Å². The maximum Gasteiger partial charge on any atom is 0.164 e. The third-order valence-electron chi connectivity index (χ3n) is 2.39. The van der Waals surface area contributed by atoms with Crippen LogP contribution in [0.1, 0.15) is 32.6 Å². The lowest BCUT2D eigenvalue weighted by Gasteiger charge is -2.32. The number of Topliss-reactive ketones (excluding diaryl/α,β-unsaturated/α-hetero) is 1. The lowest BCUT2D eigenvalue weighted by Crippen LogP contribution is -2.48. The second-order valence-electron chi connectivity index (χ2n) is 3.19. The summed E-state index contributed by atoms with van der Waals surface area (Å²) in [4.78, 5) is 10.8. The average Bonchev–Trinajstić information content (AvgIpc) is 1.95. The molecule has 0 heterocycles. The Morgan fingerprint density at radius 2 is 2.27 bits per heavy atom. The van der Waals surface area contributed by atoms with Gasteiger partial charge >= 0.3 is 0 Å². The molecule has 0 radical (unpaired) electrons. The molecule has 0 spiro atoms. The van der Waals surface area contributed by atoms with E-state index in [4.69, 9.17) is 0 Å². The molecule has 0 saturated heterocycles. The molecule has 0 aromatic carbocycles. The number of aliphatic hydroxyl groups is 1. The van der Waals surface area contributed by atoms with Crippen LogP contribution >= 0.6 is 0 Å². The number of hydrogen-bond donors (Lipinski definition) is 1. The number of ketones is 1. The molecule has 0 bridgehead atoms. The molecule has 1 fully saturated rings. The summed E-state index contributed by atoms with van der Waals surface area (Å²) in [6, 6.07) is 0. The smallest absolute Gasteiger partial charge is 0.164 e. The van der Waals surface area contributed by atoms with Gasteiger partial charge in [0.05, 0.1) is 0 Å². The van der Waals surface area contributed by atoms with Gasteiger partial charge in [0.15, 0.2) is 11.4 Å². The molecule has 1 aliphatic rings. The van der Waals surface area contributed by atoms with Crippen LogP contribution in [-0.2, 0) is 4.79 Å². The van der Waals surface area contributed by atoms with Gasteiger partial charge in [-0.05, 0) is 26.2 Å². The summed E-state index contributed by atoms with van der Waals surface area (Å²) in [6.07, 6.45) is 0.765. The van der Waals surface area contributed by atoms with E-state index < -0.39 is 17.6 Å². The molecule has 3 heteroatoms. The Kier molecular flexibility index (Phi) is 2.28. The van der Waals surface area contributed by atoms with Gasteiger partial charge in [-0.3, -0.25) is 4.79 Å². The van der Waals surface area contributed by atoms with Crippen LogP contribution in [0.4, 0.5) is 4.39 Å². The topological polar surface area (TPSA) is 37.3 Å². The summed E-state index contributed by atoms with van der Waals surface area (Å²) < 4.78 is 13.0. The van der Waals surface area contributed by atoms with E-state index in [9.17, 15) is 14.3 Å². The van der Waals surface area contributed by atoms with Gasteiger partial charge in [0.1, 0.15) is 6.17 Å². The minimum Gasteiger partial charge on any atom is -0.379 e. The third kappa shape index (κ3) is 1.43. The van der Waals surface area contributed by atoms with Gasteiger partial charge in [0, 0.05) is 0 Å². The fourth-order valence-electron chi connectivity index (χ4n) is 1.51. The van der Waals surface area contributed by atoms with Crippen molar-refractivity contribution in [2.75, 3.05) is 0 Å². The molecule has 64 valence electrons. The third-order valence-corrected chi connectivity index (χ3v) is 2.39. The van der Waals surface area contributed by atoms with E-state index in [2.05, 4.69) is 0 Å². The number of rotatable bonds is 1. The number of halogens is 1. The van der Waals surface area contributed by atoms with Gasteiger partial charge in [-0.25, -0.2) is 4.39 Å². The molecule has 0 amide bonds. The normalized spacial score (nSPS) is 38.6. The zero-order valence-corrected chi connectivity index (χ0v) is 6.64. The van der Waals surface area contributed by atoms with Crippen LogP contribution in [-0.4, -0.2) is 22.7 Å². The predicted molar refractivity (Wildman–Crippen MR) is 39.0 cm³/mol. The minimum absolute atomic E-state index is 0.281. The highest BCUT2D eigenvalue weighted by Gasteiger charge is 2.43. The van der Waals surface area contributed by atoms with Crippen LogP contribution < -0.4 is 0 Å². The molecule has 0 aliphatic heterocycles. The SMILES string of the molecule is CC(=O)[C@@]1(O)CCCC[C@@H]1F. The molecule has 11 heavy (non-hydrogen) atoms. The van der Waals surface area contributed by atoms with Crippen LogP contribution in [0.2, 0.25) is 0 Å². The van der Waals surface area contributed by atoms with Crippen molar-refractivity contribution in [3.8, 4) is 0 Å². The van der Waals surface area contributed by atoms with Crippen LogP contribution in [0.3, 0.4) is 0 Å². The molecule has 0 aromatic heterocycles. The van der Waals surface area contributed by atoms with Crippen molar-refractivity contribution in [2.45, 2.75) is 44.4 Å². The summed E-state index contributed by atoms with van der Waals surface area (Å²) in [6.45, 7) is 1.25. The van der Waals surface area contributed by atoms with Crippen molar-refractivity contribution in [3.05, 3.63) is 0 Å². The Bertz CT molecular complexity index is 169. The summed E-state index contributed by atoms with van der Waals surface area (Å²) in [5.41, 5.74) is -1.67. The first kappa shape index (κ1) is 8.65. The standard InChI is InChI=1S/C8H13FO2/c1-6(10)8(11)5-3-2-4-7(8)9/h7,11H,2-5H2,1H3/t7-,8-/m0/s1. The van der Waals surface area contributed by atoms with E-state index >= 15 is 0 Å². The molecular weight excluding hydrogens is 147 g/mol. The molecule has 1 N–H and O–H groups in total. The lowest BCUT2D eigenvalue weighted by molar-refractivity contribution is -0.146.